The maximum atomic E-state index is 11.0. The van der Waals surface area contributed by atoms with Gasteiger partial charge in [0.25, 0.3) is 0 Å². The molecule has 18 heavy (non-hydrogen) atoms. The molecule has 90 valence electrons. The highest BCUT2D eigenvalue weighted by molar-refractivity contribution is 9.10. The van der Waals surface area contributed by atoms with Gasteiger partial charge in [0.2, 0.25) is 5.95 Å². The first-order chi connectivity index (χ1) is 8.67. The third kappa shape index (κ3) is 2.24. The van der Waals surface area contributed by atoms with Gasteiger partial charge >= 0.3 is 0 Å². The van der Waals surface area contributed by atoms with Crippen molar-refractivity contribution in [1.82, 2.24) is 9.55 Å². The summed E-state index contributed by atoms with van der Waals surface area (Å²) in [6, 6.07) is 7.06. The van der Waals surface area contributed by atoms with Crippen molar-refractivity contribution in [2.45, 2.75) is 0 Å². The van der Waals surface area contributed by atoms with E-state index in [0.29, 0.717) is 12.0 Å². The summed E-state index contributed by atoms with van der Waals surface area (Å²) in [7, 11) is 0. The lowest BCUT2D eigenvalue weighted by Gasteiger charge is -2.06. The van der Waals surface area contributed by atoms with E-state index in [1.165, 1.54) is 4.57 Å². The number of carbonyl (C=O) groups excluding carboxylic acids is 1. The number of aldehydes is 1. The lowest BCUT2D eigenvalue weighted by atomic mass is 10.3. The fourth-order valence-corrected chi connectivity index (χ4v) is 1.92. The van der Waals surface area contributed by atoms with Gasteiger partial charge in [0.05, 0.1) is 0 Å². The molecule has 6 nitrogen and oxygen atoms in total. The van der Waals surface area contributed by atoms with Gasteiger partial charge in [-0.15, -0.1) is 0 Å². The van der Waals surface area contributed by atoms with Gasteiger partial charge in [-0.05, 0) is 34.9 Å². The van der Waals surface area contributed by atoms with E-state index in [0.717, 1.165) is 4.47 Å². The maximum Gasteiger partial charge on any atom is 0.203 e. The molecule has 0 unspecified atom stereocenters. The Morgan fingerprint density at radius 3 is 2.67 bits per heavy atom. The molecule has 0 saturated heterocycles. The largest absolute Gasteiger partial charge is 0.296 e. The minimum atomic E-state index is -0.00433. The van der Waals surface area contributed by atoms with Crippen LogP contribution in [0.5, 0.6) is 0 Å². The van der Waals surface area contributed by atoms with E-state index >= 15 is 0 Å². The van der Waals surface area contributed by atoms with Crippen LogP contribution < -0.4 is 0 Å². The minimum absolute atomic E-state index is 0.00433. The topological polar surface area (TPSA) is 83.7 Å². The molecule has 1 heterocycles. The summed E-state index contributed by atoms with van der Waals surface area (Å²) in [5, 5.41) is 3.41. The summed E-state index contributed by atoms with van der Waals surface area (Å²) >= 11 is 9.12. The number of nitrogens with zero attached hydrogens (tertiary/aromatic N) is 5. The molecule has 0 saturated carbocycles. The average molecular weight is 327 g/mol. The first kappa shape index (κ1) is 12.6. The SMILES string of the molecule is [N-]=[N+]=Nc1nc(Cl)c(C=O)n1-c1ccc(Br)cc1. The van der Waals surface area contributed by atoms with Crippen LogP contribution >= 0.6 is 27.5 Å². The lowest BCUT2D eigenvalue weighted by Crippen LogP contribution is -1.98. The summed E-state index contributed by atoms with van der Waals surface area (Å²) in [6.07, 6.45) is 0.563. The molecule has 0 atom stereocenters. The van der Waals surface area contributed by atoms with Gasteiger partial charge in [-0.1, -0.05) is 27.5 Å². The number of rotatable bonds is 3. The van der Waals surface area contributed by atoms with Crippen LogP contribution in [-0.4, -0.2) is 15.8 Å². The van der Waals surface area contributed by atoms with Crippen LogP contribution in [0, 0.1) is 0 Å². The van der Waals surface area contributed by atoms with Crippen molar-refractivity contribution in [1.29, 1.82) is 0 Å². The van der Waals surface area contributed by atoms with Crippen molar-refractivity contribution in [2.24, 2.45) is 5.11 Å². The van der Waals surface area contributed by atoms with Crippen LogP contribution in [0.25, 0.3) is 16.1 Å². The van der Waals surface area contributed by atoms with Crippen molar-refractivity contribution in [3.63, 3.8) is 0 Å². The molecule has 2 rings (SSSR count). The zero-order valence-corrected chi connectivity index (χ0v) is 11.1. The minimum Gasteiger partial charge on any atom is -0.296 e. The van der Waals surface area contributed by atoms with Crippen LogP contribution in [0.15, 0.2) is 33.9 Å². The van der Waals surface area contributed by atoms with E-state index in [1.807, 2.05) is 0 Å². The van der Waals surface area contributed by atoms with Crippen molar-refractivity contribution < 1.29 is 4.79 Å². The van der Waals surface area contributed by atoms with E-state index in [9.17, 15) is 4.79 Å². The van der Waals surface area contributed by atoms with Crippen molar-refractivity contribution in [2.75, 3.05) is 0 Å². The van der Waals surface area contributed by atoms with Gasteiger partial charge in [-0.25, -0.2) is 4.98 Å². The highest BCUT2D eigenvalue weighted by Crippen LogP contribution is 2.27. The summed E-state index contributed by atoms with van der Waals surface area (Å²) in [5.41, 5.74) is 9.24. The molecule has 1 aromatic carbocycles. The van der Waals surface area contributed by atoms with E-state index < -0.39 is 0 Å². The van der Waals surface area contributed by atoms with Gasteiger partial charge in [0.1, 0.15) is 5.69 Å². The standard InChI is InChI=1S/C10H5BrClN5O/c11-6-1-3-7(4-2-6)17-8(5-18)9(12)14-10(17)15-16-13/h1-5H. The number of aromatic nitrogens is 2. The van der Waals surface area contributed by atoms with Gasteiger partial charge in [0.15, 0.2) is 11.4 Å². The lowest BCUT2D eigenvalue weighted by molar-refractivity contribution is 0.111. The third-order valence-electron chi connectivity index (χ3n) is 2.18. The molecule has 0 radical (unpaired) electrons. The van der Waals surface area contributed by atoms with Gasteiger partial charge in [-0.3, -0.25) is 9.36 Å². The normalized spacial score (nSPS) is 9.89. The smallest absolute Gasteiger partial charge is 0.203 e. The highest BCUT2D eigenvalue weighted by atomic mass is 79.9. The van der Waals surface area contributed by atoms with Crippen LogP contribution in [0.1, 0.15) is 10.5 Å². The number of halogens is 2. The summed E-state index contributed by atoms with van der Waals surface area (Å²) in [4.78, 5) is 17.5. The Kier molecular flexibility index (Phi) is 3.66. The monoisotopic (exact) mass is 325 g/mol. The van der Waals surface area contributed by atoms with Crippen LogP contribution in [0.4, 0.5) is 5.95 Å². The number of imidazole rings is 1. The molecule has 8 heteroatoms. The second-order valence-corrected chi connectivity index (χ2v) is 4.48. The Morgan fingerprint density at radius 2 is 2.11 bits per heavy atom. The fourth-order valence-electron chi connectivity index (χ4n) is 1.45. The molecule has 0 fully saturated rings. The predicted octanol–water partition coefficient (Wildman–Crippen LogP) is 4.04. The molecular weight excluding hydrogens is 322 g/mol. The van der Waals surface area contributed by atoms with Crippen molar-refractivity contribution in [3.8, 4) is 5.69 Å². The van der Waals surface area contributed by atoms with Gasteiger partial charge in [-0.2, -0.15) is 0 Å². The predicted molar refractivity (Wildman–Crippen MR) is 70.5 cm³/mol. The third-order valence-corrected chi connectivity index (χ3v) is 2.99. The molecule has 0 spiro atoms. The molecule has 1 aromatic heterocycles. The van der Waals surface area contributed by atoms with Crippen molar-refractivity contribution in [3.05, 3.63) is 50.0 Å². The zero-order valence-electron chi connectivity index (χ0n) is 8.79. The zero-order chi connectivity index (χ0) is 13.1. The summed E-state index contributed by atoms with van der Waals surface area (Å²) in [5.74, 6) is 0.0203. The molecule has 0 bridgehead atoms. The number of azide groups is 1. The van der Waals surface area contributed by atoms with E-state index in [2.05, 4.69) is 30.9 Å². The molecule has 0 amide bonds. The number of carbonyl (C=O) groups is 1. The summed E-state index contributed by atoms with van der Waals surface area (Å²) in [6.45, 7) is 0. The van der Waals surface area contributed by atoms with E-state index in [4.69, 9.17) is 17.1 Å². The van der Waals surface area contributed by atoms with E-state index in [1.54, 1.807) is 24.3 Å². The average Bonchev–Trinajstić information content (AvgIpc) is 2.67. The second kappa shape index (κ2) is 5.22. The van der Waals surface area contributed by atoms with Crippen LogP contribution in [0.2, 0.25) is 5.15 Å². The molecule has 2 aromatic rings. The van der Waals surface area contributed by atoms with Crippen LogP contribution in [-0.2, 0) is 0 Å². The maximum absolute atomic E-state index is 11.0. The quantitative estimate of drug-likeness (QED) is 0.369. The first-order valence-electron chi connectivity index (χ1n) is 4.72. The highest BCUT2D eigenvalue weighted by Gasteiger charge is 2.15. The number of benzene rings is 1. The number of hydrogen-bond acceptors (Lipinski definition) is 3. The van der Waals surface area contributed by atoms with E-state index in [-0.39, 0.29) is 16.8 Å². The molecule has 0 aliphatic carbocycles. The number of hydrogen-bond donors (Lipinski definition) is 0. The van der Waals surface area contributed by atoms with Crippen molar-refractivity contribution >= 4 is 39.8 Å². The molecule has 0 N–H and O–H groups in total. The Balaban J connectivity index is 2.71. The Morgan fingerprint density at radius 1 is 1.44 bits per heavy atom. The fraction of sp³-hybridized carbons (Fsp3) is 0. The Labute approximate surface area is 115 Å². The Bertz CT molecular complexity index is 645. The molecule has 0 aliphatic rings. The molecular formula is C10H5BrClN5O. The van der Waals surface area contributed by atoms with Gasteiger partial charge in [0, 0.05) is 15.1 Å². The Hall–Kier alpha value is -1.82. The van der Waals surface area contributed by atoms with Gasteiger partial charge < -0.3 is 0 Å². The van der Waals surface area contributed by atoms with Crippen LogP contribution in [0.3, 0.4) is 0 Å². The molecule has 0 aliphatic heterocycles. The second-order valence-electron chi connectivity index (χ2n) is 3.21. The first-order valence-corrected chi connectivity index (χ1v) is 5.89. The summed E-state index contributed by atoms with van der Waals surface area (Å²) < 4.78 is 2.28.